The molecule has 2 aromatic carbocycles. The first-order chi connectivity index (χ1) is 24.1. The number of esters is 1. The summed E-state index contributed by atoms with van der Waals surface area (Å²) in [6, 6.07) is 6.93. The number of hydrogen-bond acceptors (Lipinski definition) is 15. The Kier molecular flexibility index (Phi) is 9.28. The molecule has 3 fully saturated rings. The molecule has 4 aliphatic heterocycles. The second-order valence-corrected chi connectivity index (χ2v) is 12.5. The van der Waals surface area contributed by atoms with Gasteiger partial charge in [-0.3, -0.25) is 14.4 Å². The second kappa shape index (κ2) is 13.7. The molecule has 3 N–H and O–H groups in total. The van der Waals surface area contributed by atoms with E-state index in [1.165, 1.54) is 38.5 Å². The quantitative estimate of drug-likeness (QED) is 0.301. The Balaban J connectivity index is 0.000000433. The van der Waals surface area contributed by atoms with Crippen molar-refractivity contribution < 1.29 is 72.3 Å². The van der Waals surface area contributed by atoms with Crippen molar-refractivity contribution in [3.05, 3.63) is 65.3 Å². The van der Waals surface area contributed by atoms with E-state index in [0.717, 1.165) is 0 Å². The van der Waals surface area contributed by atoms with E-state index in [-0.39, 0.29) is 48.8 Å². The zero-order valence-corrected chi connectivity index (χ0v) is 27.3. The number of cyclic esters (lactones) is 1. The first-order valence-electron chi connectivity index (χ1n) is 16.0. The summed E-state index contributed by atoms with van der Waals surface area (Å²) in [6.07, 6.45) is -1.79. The van der Waals surface area contributed by atoms with Crippen LogP contribution in [0.3, 0.4) is 0 Å². The van der Waals surface area contributed by atoms with Gasteiger partial charge >= 0.3 is 5.97 Å². The van der Waals surface area contributed by atoms with Crippen LogP contribution in [0.15, 0.2) is 48.6 Å². The highest BCUT2D eigenvalue weighted by atomic mass is 16.8. The fourth-order valence-electron chi connectivity index (χ4n) is 7.18. The van der Waals surface area contributed by atoms with Gasteiger partial charge in [-0.15, -0.1) is 0 Å². The van der Waals surface area contributed by atoms with E-state index in [1.54, 1.807) is 31.2 Å². The maximum atomic E-state index is 13.4. The maximum Gasteiger partial charge on any atom is 0.310 e. The van der Waals surface area contributed by atoms with Gasteiger partial charge in [0.1, 0.15) is 24.4 Å². The fraction of sp³-hybridized carbons (Fsp3) is 0.457. The molecule has 2 aliphatic carbocycles. The predicted octanol–water partition coefficient (Wildman–Crippen LogP) is 1.59. The molecule has 10 atom stereocenters. The summed E-state index contributed by atoms with van der Waals surface area (Å²) in [6.45, 7) is 1.93. The third kappa shape index (κ3) is 6.10. The van der Waals surface area contributed by atoms with E-state index >= 15 is 0 Å². The molecule has 4 heterocycles. The largest absolute Gasteiger partial charge is 0.502 e. The van der Waals surface area contributed by atoms with E-state index in [9.17, 15) is 29.7 Å². The summed E-state index contributed by atoms with van der Waals surface area (Å²) in [5.41, 5.74) is 2.01. The lowest BCUT2D eigenvalue weighted by atomic mass is 9.66. The third-order valence-electron chi connectivity index (χ3n) is 9.57. The van der Waals surface area contributed by atoms with Crippen molar-refractivity contribution in [1.29, 1.82) is 0 Å². The molecule has 2 unspecified atom stereocenters. The zero-order valence-electron chi connectivity index (χ0n) is 27.3. The molecular weight excluding hydrogens is 660 g/mol. The number of aliphatic hydroxyl groups is 2. The SMILES string of the molecule is COc1cc([C@@H]2c3cc4c(cc3C(O[C@@H]3O[C@@H]5CO[C@@H](C)O[C@H]5[C@H](O)[C@H]3O)C3COC(=O)[C@@H]32)OCO4)cc(OC)c1O.O=C1C=CC(=O)C=C1. The number of carbonyl (C=O) groups excluding carboxylic acids is 3. The number of ether oxygens (including phenoxy) is 9. The van der Waals surface area contributed by atoms with E-state index in [1.807, 2.05) is 0 Å². The second-order valence-electron chi connectivity index (χ2n) is 12.5. The molecule has 6 aliphatic rings. The molecule has 0 saturated carbocycles. The predicted molar refractivity (Wildman–Crippen MR) is 167 cm³/mol. The van der Waals surface area contributed by atoms with Crippen LogP contribution in [0.5, 0.6) is 28.7 Å². The molecule has 15 heteroatoms. The van der Waals surface area contributed by atoms with Crippen molar-refractivity contribution >= 4 is 17.5 Å². The molecular formula is C35H36O15. The average molecular weight is 697 g/mol. The molecule has 0 bridgehead atoms. The number of hydrogen-bond donors (Lipinski definition) is 3. The molecule has 15 nitrogen and oxygen atoms in total. The van der Waals surface area contributed by atoms with Crippen LogP contribution < -0.4 is 18.9 Å². The van der Waals surface area contributed by atoms with Crippen molar-refractivity contribution in [2.45, 2.75) is 55.9 Å². The van der Waals surface area contributed by atoms with Gasteiger partial charge in [-0.1, -0.05) is 0 Å². The van der Waals surface area contributed by atoms with E-state index in [4.69, 9.17) is 42.6 Å². The number of methoxy groups -OCH3 is 2. The first kappa shape index (κ1) is 34.0. The zero-order chi connectivity index (χ0) is 35.3. The lowest BCUT2D eigenvalue weighted by Gasteiger charge is -2.47. The lowest BCUT2D eigenvalue weighted by molar-refractivity contribution is -0.364. The van der Waals surface area contributed by atoms with Crippen molar-refractivity contribution in [3.63, 3.8) is 0 Å². The Morgan fingerprint density at radius 3 is 2.02 bits per heavy atom. The van der Waals surface area contributed by atoms with Gasteiger partial charge < -0.3 is 58.0 Å². The van der Waals surface area contributed by atoms with Crippen LogP contribution in [0.2, 0.25) is 0 Å². The van der Waals surface area contributed by atoms with E-state index < -0.39 is 66.8 Å². The Hall–Kier alpha value is -4.51. The van der Waals surface area contributed by atoms with Gasteiger partial charge in [0.15, 0.2) is 47.1 Å². The molecule has 2 aromatic rings. The summed E-state index contributed by atoms with van der Waals surface area (Å²) in [4.78, 5) is 34.0. The van der Waals surface area contributed by atoms with Crippen LogP contribution in [-0.2, 0) is 38.1 Å². The Morgan fingerprint density at radius 2 is 1.40 bits per heavy atom. The number of aromatic hydroxyl groups is 1. The van der Waals surface area contributed by atoms with Crippen molar-refractivity contribution in [1.82, 2.24) is 0 Å². The molecule has 50 heavy (non-hydrogen) atoms. The lowest BCUT2D eigenvalue weighted by Crippen LogP contribution is -2.63. The van der Waals surface area contributed by atoms with Crippen LogP contribution in [0.4, 0.5) is 0 Å². The van der Waals surface area contributed by atoms with Crippen molar-refractivity contribution in [3.8, 4) is 28.7 Å². The number of benzene rings is 2. The van der Waals surface area contributed by atoms with E-state index in [2.05, 4.69) is 0 Å². The molecule has 0 aromatic heterocycles. The number of allylic oxidation sites excluding steroid dienone is 4. The minimum absolute atomic E-state index is 0.0301. The Labute approximate surface area is 285 Å². The minimum Gasteiger partial charge on any atom is -0.502 e. The molecule has 0 radical (unpaired) electrons. The number of carbonyl (C=O) groups is 3. The number of aliphatic hydroxyl groups excluding tert-OH is 2. The van der Waals surface area contributed by atoms with Gasteiger partial charge in [-0.2, -0.15) is 0 Å². The fourth-order valence-corrected chi connectivity index (χ4v) is 7.18. The third-order valence-corrected chi connectivity index (χ3v) is 9.57. The molecule has 8 rings (SSSR count). The van der Waals surface area contributed by atoms with E-state index in [0.29, 0.717) is 28.2 Å². The average Bonchev–Trinajstić information content (AvgIpc) is 3.74. The summed E-state index contributed by atoms with van der Waals surface area (Å²) in [7, 11) is 2.86. The summed E-state index contributed by atoms with van der Waals surface area (Å²) in [5.74, 6) is -1.27. The Bertz CT molecular complexity index is 1670. The summed E-state index contributed by atoms with van der Waals surface area (Å²) < 4.78 is 51.5. The standard InChI is InChI=1S/C29H32O13.C6H4O2/c1-11-36-9-20-27(40-11)24(31)25(32)29(41-20)42-26-14-7-17-16(38-10-39-17)6-13(14)21(22-15(26)8-37-28(22)33)12-4-18(34-2)23(30)19(5-12)35-3;7-5-1-2-6(8)4-3-5/h4-7,11,15,20-22,24-27,29-32H,8-10H2,1-3H3;1-4H/t11-,15?,20-,21-,22+,24-,25-,26?,27-,29+;/m1./s1. The van der Waals surface area contributed by atoms with Gasteiger partial charge in [0.05, 0.1) is 39.5 Å². The van der Waals surface area contributed by atoms with Gasteiger partial charge in [-0.25, -0.2) is 0 Å². The maximum absolute atomic E-state index is 13.4. The van der Waals surface area contributed by atoms with Crippen LogP contribution in [-0.4, -0.2) is 104 Å². The molecule has 266 valence electrons. The minimum atomic E-state index is -1.44. The normalized spacial score (nSPS) is 33.4. The van der Waals surface area contributed by atoms with Crippen LogP contribution in [0.25, 0.3) is 0 Å². The summed E-state index contributed by atoms with van der Waals surface area (Å²) >= 11 is 0. The highest BCUT2D eigenvalue weighted by Gasteiger charge is 2.56. The molecule has 3 saturated heterocycles. The highest BCUT2D eigenvalue weighted by Crippen LogP contribution is 2.57. The first-order valence-corrected chi connectivity index (χ1v) is 16.0. The number of phenolic OH excluding ortho intramolecular Hbond substituents is 1. The number of fused-ring (bicyclic) bond motifs is 4. The van der Waals surface area contributed by atoms with Crippen LogP contribution in [0.1, 0.15) is 35.6 Å². The van der Waals surface area contributed by atoms with Gasteiger partial charge in [0, 0.05) is 11.8 Å². The molecule has 0 amide bonds. The Morgan fingerprint density at radius 1 is 0.780 bits per heavy atom. The van der Waals surface area contributed by atoms with Crippen molar-refractivity contribution in [2.75, 3.05) is 34.2 Å². The summed E-state index contributed by atoms with van der Waals surface area (Å²) in [5, 5.41) is 32.5. The van der Waals surface area contributed by atoms with Crippen molar-refractivity contribution in [2.24, 2.45) is 11.8 Å². The van der Waals surface area contributed by atoms with Gasteiger partial charge in [0.25, 0.3) is 0 Å². The van der Waals surface area contributed by atoms with Crippen LogP contribution in [0, 0.1) is 11.8 Å². The smallest absolute Gasteiger partial charge is 0.310 e. The van der Waals surface area contributed by atoms with Gasteiger partial charge in [-0.05, 0) is 72.2 Å². The van der Waals surface area contributed by atoms with Gasteiger partial charge in [0.2, 0.25) is 12.5 Å². The topological polar surface area (TPSA) is 195 Å². The molecule has 0 spiro atoms. The number of phenols is 1. The highest BCUT2D eigenvalue weighted by molar-refractivity contribution is 6.14. The monoisotopic (exact) mass is 696 g/mol. The van der Waals surface area contributed by atoms with Crippen LogP contribution >= 0.6 is 0 Å². The number of rotatable bonds is 5. The number of ketones is 2.